The number of esters is 1. The van der Waals surface area contributed by atoms with Crippen molar-refractivity contribution in [3.05, 3.63) is 63.4 Å². The molecule has 0 bridgehead atoms. The Morgan fingerprint density at radius 1 is 1.31 bits per heavy atom. The van der Waals surface area contributed by atoms with Crippen LogP contribution in [0.4, 0.5) is 0 Å². The molecular weight excluding hydrogens is 430 g/mol. The van der Waals surface area contributed by atoms with Gasteiger partial charge in [0.1, 0.15) is 11.5 Å². The number of Topliss-reactive ketones (excluding diaryl/α,β-unsaturated/α-hetero) is 1. The van der Waals surface area contributed by atoms with E-state index in [9.17, 15) is 14.7 Å². The van der Waals surface area contributed by atoms with Gasteiger partial charge in [0.2, 0.25) is 5.78 Å². The summed E-state index contributed by atoms with van der Waals surface area (Å²) in [6.45, 7) is 5.82. The number of phenols is 1. The monoisotopic (exact) mass is 455 g/mol. The number of hydrogen-bond donors (Lipinski definition) is 1. The Morgan fingerprint density at radius 3 is 2.75 bits per heavy atom. The highest BCUT2D eigenvalue weighted by Gasteiger charge is 2.34. The number of carbonyl (C=O) groups is 2. The first kappa shape index (κ1) is 22.4. The first-order valence-electron chi connectivity index (χ1n) is 10.8. The molecule has 2 aliphatic heterocycles. The van der Waals surface area contributed by atoms with Crippen LogP contribution in [-0.2, 0) is 16.1 Å². The Labute approximate surface area is 192 Å². The van der Waals surface area contributed by atoms with Gasteiger partial charge >= 0.3 is 5.97 Å². The highest BCUT2D eigenvalue weighted by Crippen LogP contribution is 2.42. The molecular formula is C25H26ClNO5. The van der Waals surface area contributed by atoms with E-state index >= 15 is 0 Å². The predicted octanol–water partition coefficient (Wildman–Crippen LogP) is 4.75. The van der Waals surface area contributed by atoms with Gasteiger partial charge < -0.3 is 14.6 Å². The maximum Gasteiger partial charge on any atom is 0.309 e. The molecule has 4 rings (SSSR count). The lowest BCUT2D eigenvalue weighted by Gasteiger charge is -2.31. The van der Waals surface area contributed by atoms with Crippen LogP contribution in [0, 0.1) is 12.8 Å². The van der Waals surface area contributed by atoms with Crippen LogP contribution < -0.4 is 4.74 Å². The van der Waals surface area contributed by atoms with Gasteiger partial charge in [-0.3, -0.25) is 14.5 Å². The third-order valence-corrected chi connectivity index (χ3v) is 6.19. The number of aromatic hydroxyl groups is 1. The van der Waals surface area contributed by atoms with E-state index in [1.165, 1.54) is 0 Å². The Hall–Kier alpha value is -2.83. The van der Waals surface area contributed by atoms with Crippen LogP contribution in [0.5, 0.6) is 11.5 Å². The number of nitrogens with zero attached hydrogens (tertiary/aromatic N) is 1. The number of ketones is 1. The van der Waals surface area contributed by atoms with Crippen molar-refractivity contribution in [2.45, 2.75) is 33.2 Å². The van der Waals surface area contributed by atoms with E-state index in [0.717, 1.165) is 5.56 Å². The number of benzene rings is 2. The molecule has 168 valence electrons. The van der Waals surface area contributed by atoms with Crippen molar-refractivity contribution in [2.75, 3.05) is 19.7 Å². The van der Waals surface area contributed by atoms with E-state index in [1.807, 2.05) is 19.1 Å². The molecule has 1 saturated heterocycles. The van der Waals surface area contributed by atoms with Crippen molar-refractivity contribution in [3.63, 3.8) is 0 Å². The second kappa shape index (κ2) is 9.35. The van der Waals surface area contributed by atoms with E-state index in [4.69, 9.17) is 21.1 Å². The second-order valence-corrected chi connectivity index (χ2v) is 8.63. The average Bonchev–Trinajstić information content (AvgIpc) is 3.08. The van der Waals surface area contributed by atoms with Gasteiger partial charge in [-0.15, -0.1) is 0 Å². The standard InChI is InChI=1S/C25H26ClNO5/c1-3-31-25(30)17-7-9-27(10-8-17)14-19-20(28)11-15(2)22-23(29)21(32-24(19)22)13-16-5-4-6-18(26)12-16/h4-6,11-13,17,28H,3,7-10,14H2,1-2H3/b21-13+. The van der Waals surface area contributed by atoms with Crippen LogP contribution in [0.1, 0.15) is 46.8 Å². The van der Waals surface area contributed by atoms with Crippen LogP contribution in [-0.4, -0.2) is 41.5 Å². The molecule has 7 heteroatoms. The predicted molar refractivity (Wildman–Crippen MR) is 122 cm³/mol. The number of rotatable bonds is 5. The third kappa shape index (κ3) is 4.52. The second-order valence-electron chi connectivity index (χ2n) is 8.19. The summed E-state index contributed by atoms with van der Waals surface area (Å²) >= 11 is 6.06. The Bertz CT molecular complexity index is 1090. The molecule has 0 aromatic heterocycles. The molecule has 2 aliphatic rings. The molecule has 0 unspecified atom stereocenters. The normalized spacial score (nSPS) is 18.0. The highest BCUT2D eigenvalue weighted by atomic mass is 35.5. The number of ether oxygens (including phenoxy) is 2. The number of phenolic OH excluding ortho intramolecular Hbond substituents is 1. The maximum absolute atomic E-state index is 13.1. The maximum atomic E-state index is 13.1. The fourth-order valence-corrected chi connectivity index (χ4v) is 4.49. The molecule has 2 heterocycles. The van der Waals surface area contributed by atoms with E-state index in [2.05, 4.69) is 4.90 Å². The van der Waals surface area contributed by atoms with Gasteiger partial charge in [0.05, 0.1) is 23.7 Å². The van der Waals surface area contributed by atoms with Crippen molar-refractivity contribution in [1.82, 2.24) is 4.90 Å². The van der Waals surface area contributed by atoms with Crippen LogP contribution in [0.25, 0.3) is 6.08 Å². The summed E-state index contributed by atoms with van der Waals surface area (Å²) < 4.78 is 11.1. The summed E-state index contributed by atoms with van der Waals surface area (Å²) in [5, 5.41) is 11.2. The Kier molecular flexibility index (Phi) is 6.53. The summed E-state index contributed by atoms with van der Waals surface area (Å²) in [6, 6.07) is 8.79. The molecule has 0 saturated carbocycles. The smallest absolute Gasteiger partial charge is 0.309 e. The number of likely N-dealkylation sites (tertiary alicyclic amines) is 1. The van der Waals surface area contributed by atoms with Crippen molar-refractivity contribution >= 4 is 29.4 Å². The minimum absolute atomic E-state index is 0.0893. The number of halogens is 1. The molecule has 2 aromatic rings. The van der Waals surface area contributed by atoms with Crippen LogP contribution in [0.2, 0.25) is 5.02 Å². The number of piperidine rings is 1. The van der Waals surface area contributed by atoms with Gasteiger partial charge in [-0.1, -0.05) is 23.7 Å². The molecule has 6 nitrogen and oxygen atoms in total. The number of hydrogen-bond acceptors (Lipinski definition) is 6. The molecule has 32 heavy (non-hydrogen) atoms. The zero-order valence-electron chi connectivity index (χ0n) is 18.2. The minimum atomic E-state index is -0.209. The summed E-state index contributed by atoms with van der Waals surface area (Å²) in [6.07, 6.45) is 3.07. The lowest BCUT2D eigenvalue weighted by molar-refractivity contribution is -0.149. The fraction of sp³-hybridized carbons (Fsp3) is 0.360. The molecule has 0 radical (unpaired) electrons. The lowest BCUT2D eigenvalue weighted by Crippen LogP contribution is -2.36. The zero-order valence-corrected chi connectivity index (χ0v) is 18.9. The molecule has 0 amide bonds. The summed E-state index contributed by atoms with van der Waals surface area (Å²) in [7, 11) is 0. The van der Waals surface area contributed by atoms with Gasteiger partial charge in [-0.2, -0.15) is 0 Å². The topological polar surface area (TPSA) is 76.1 Å². The Morgan fingerprint density at radius 2 is 2.06 bits per heavy atom. The lowest BCUT2D eigenvalue weighted by atomic mass is 9.95. The quantitative estimate of drug-likeness (QED) is 0.518. The van der Waals surface area contributed by atoms with Gasteiger partial charge in [0, 0.05) is 11.6 Å². The number of allylic oxidation sites excluding steroid dienone is 1. The van der Waals surface area contributed by atoms with E-state index < -0.39 is 0 Å². The molecule has 2 aromatic carbocycles. The first-order valence-corrected chi connectivity index (χ1v) is 11.2. The van der Waals surface area contributed by atoms with Crippen molar-refractivity contribution in [2.24, 2.45) is 5.92 Å². The van der Waals surface area contributed by atoms with Gasteiger partial charge in [-0.25, -0.2) is 0 Å². The largest absolute Gasteiger partial charge is 0.507 e. The highest BCUT2D eigenvalue weighted by molar-refractivity contribution is 6.30. The van der Waals surface area contributed by atoms with E-state index in [1.54, 1.807) is 31.2 Å². The average molecular weight is 456 g/mol. The van der Waals surface area contributed by atoms with Gasteiger partial charge in [-0.05, 0) is 75.2 Å². The fourth-order valence-electron chi connectivity index (χ4n) is 4.29. The number of aryl methyl sites for hydroxylation is 1. The summed E-state index contributed by atoms with van der Waals surface area (Å²) in [4.78, 5) is 27.2. The van der Waals surface area contributed by atoms with Crippen LogP contribution >= 0.6 is 11.6 Å². The Balaban J connectivity index is 1.56. The molecule has 1 N–H and O–H groups in total. The zero-order chi connectivity index (χ0) is 22.8. The van der Waals surface area contributed by atoms with Gasteiger partial charge in [0.15, 0.2) is 5.76 Å². The SMILES string of the molecule is CCOC(=O)C1CCN(Cc2c(O)cc(C)c3c2O/C(=C/c2cccc(Cl)c2)C3=O)CC1. The van der Waals surface area contributed by atoms with Crippen molar-refractivity contribution in [3.8, 4) is 11.5 Å². The molecule has 1 fully saturated rings. The van der Waals surface area contributed by atoms with E-state index in [-0.39, 0.29) is 29.2 Å². The summed E-state index contributed by atoms with van der Waals surface area (Å²) in [5.41, 5.74) is 2.50. The molecule has 0 atom stereocenters. The summed E-state index contributed by atoms with van der Waals surface area (Å²) in [5.74, 6) is 0.279. The number of carbonyl (C=O) groups excluding carboxylic acids is 2. The molecule has 0 aliphatic carbocycles. The van der Waals surface area contributed by atoms with E-state index in [0.29, 0.717) is 66.5 Å². The minimum Gasteiger partial charge on any atom is -0.507 e. The first-order chi connectivity index (χ1) is 15.4. The molecule has 0 spiro atoms. The van der Waals surface area contributed by atoms with Crippen LogP contribution in [0.15, 0.2) is 36.1 Å². The third-order valence-electron chi connectivity index (χ3n) is 5.96. The van der Waals surface area contributed by atoms with Crippen molar-refractivity contribution in [1.29, 1.82) is 0 Å². The van der Waals surface area contributed by atoms with Crippen molar-refractivity contribution < 1.29 is 24.2 Å². The number of fused-ring (bicyclic) bond motifs is 1. The van der Waals surface area contributed by atoms with Crippen LogP contribution in [0.3, 0.4) is 0 Å². The van der Waals surface area contributed by atoms with Gasteiger partial charge in [0.25, 0.3) is 0 Å².